The van der Waals surface area contributed by atoms with Crippen molar-refractivity contribution in [2.24, 2.45) is 11.8 Å². The monoisotopic (exact) mass is 184 g/mol. The number of hydrogen-bond acceptors (Lipinski definition) is 5. The first-order valence-electron chi connectivity index (χ1n) is 4.13. The zero-order chi connectivity index (χ0) is 8.39. The number of hydrazine groups is 1. The van der Waals surface area contributed by atoms with Gasteiger partial charge in [0.1, 0.15) is 0 Å². The molecular formula is C7H12N4S. The molecule has 0 spiro atoms. The third-order valence-electron chi connectivity index (χ3n) is 2.20. The van der Waals surface area contributed by atoms with E-state index in [0.29, 0.717) is 0 Å². The van der Waals surface area contributed by atoms with Gasteiger partial charge in [-0.15, -0.1) is 0 Å². The van der Waals surface area contributed by atoms with Crippen LogP contribution < -0.4 is 11.3 Å². The molecule has 1 heterocycles. The summed E-state index contributed by atoms with van der Waals surface area (Å²) in [5.41, 5.74) is 3.76. The highest BCUT2D eigenvalue weighted by atomic mass is 32.1. The molecule has 1 aromatic rings. The van der Waals surface area contributed by atoms with Crippen LogP contribution in [0.1, 0.15) is 31.0 Å². The lowest BCUT2D eigenvalue weighted by Gasteiger charge is -2.11. The van der Waals surface area contributed by atoms with Crippen molar-refractivity contribution < 1.29 is 0 Å². The highest BCUT2D eigenvalue weighted by molar-refractivity contribution is 6.99. The van der Waals surface area contributed by atoms with Gasteiger partial charge in [-0.3, -0.25) is 11.3 Å². The molecule has 1 atom stereocenters. The van der Waals surface area contributed by atoms with Crippen molar-refractivity contribution in [3.63, 3.8) is 0 Å². The zero-order valence-corrected chi connectivity index (χ0v) is 7.55. The van der Waals surface area contributed by atoms with Crippen LogP contribution in [0.2, 0.25) is 0 Å². The third kappa shape index (κ3) is 1.80. The van der Waals surface area contributed by atoms with Gasteiger partial charge in [-0.2, -0.15) is 8.75 Å². The lowest BCUT2D eigenvalue weighted by atomic mass is 10.1. The van der Waals surface area contributed by atoms with Gasteiger partial charge in [-0.25, -0.2) is 0 Å². The first-order valence-corrected chi connectivity index (χ1v) is 4.86. The van der Waals surface area contributed by atoms with Crippen molar-refractivity contribution in [3.05, 3.63) is 11.9 Å². The van der Waals surface area contributed by atoms with Crippen molar-refractivity contribution in [3.8, 4) is 0 Å². The number of hydrogen-bond donors (Lipinski definition) is 2. The van der Waals surface area contributed by atoms with Gasteiger partial charge in [-0.1, -0.05) is 12.8 Å². The molecule has 4 nitrogen and oxygen atoms in total. The molecule has 0 saturated heterocycles. The van der Waals surface area contributed by atoms with E-state index in [1.165, 1.54) is 24.6 Å². The van der Waals surface area contributed by atoms with Gasteiger partial charge in [-0.05, 0) is 12.3 Å². The van der Waals surface area contributed by atoms with Gasteiger partial charge >= 0.3 is 0 Å². The Labute approximate surface area is 75.5 Å². The van der Waals surface area contributed by atoms with Crippen LogP contribution in [0.25, 0.3) is 0 Å². The van der Waals surface area contributed by atoms with E-state index in [0.717, 1.165) is 18.0 Å². The van der Waals surface area contributed by atoms with Crippen molar-refractivity contribution >= 4 is 11.7 Å². The molecule has 1 fully saturated rings. The maximum Gasteiger partial charge on any atom is 0.0925 e. The zero-order valence-electron chi connectivity index (χ0n) is 6.73. The molecule has 5 heteroatoms. The lowest BCUT2D eigenvalue weighted by molar-refractivity contribution is 0.479. The van der Waals surface area contributed by atoms with Crippen LogP contribution in [0.3, 0.4) is 0 Å². The van der Waals surface area contributed by atoms with Gasteiger partial charge in [0.25, 0.3) is 0 Å². The number of nitrogens with two attached hydrogens (primary N) is 1. The predicted octanol–water partition coefficient (Wildman–Crippen LogP) is 0.843. The summed E-state index contributed by atoms with van der Waals surface area (Å²) in [6.07, 6.45) is 5.57. The van der Waals surface area contributed by atoms with E-state index in [1.54, 1.807) is 6.20 Å². The van der Waals surface area contributed by atoms with Crippen LogP contribution in [0, 0.1) is 5.92 Å². The fourth-order valence-electron chi connectivity index (χ4n) is 1.29. The fraction of sp³-hybridized carbons (Fsp3) is 0.714. The average molecular weight is 184 g/mol. The minimum atomic E-state index is 0.205. The Balaban J connectivity index is 1.97. The van der Waals surface area contributed by atoms with Gasteiger partial charge in [0.05, 0.1) is 29.7 Å². The molecule has 3 N–H and O–H groups in total. The van der Waals surface area contributed by atoms with Gasteiger partial charge in [0, 0.05) is 0 Å². The molecule has 66 valence electrons. The van der Waals surface area contributed by atoms with Gasteiger partial charge in [0.15, 0.2) is 0 Å². The van der Waals surface area contributed by atoms with Crippen LogP contribution in [-0.4, -0.2) is 8.75 Å². The number of rotatable bonds is 4. The van der Waals surface area contributed by atoms with E-state index in [-0.39, 0.29) is 6.04 Å². The smallest absolute Gasteiger partial charge is 0.0925 e. The Hall–Kier alpha value is -0.520. The van der Waals surface area contributed by atoms with Crippen molar-refractivity contribution in [2.45, 2.75) is 25.3 Å². The number of nitrogens with one attached hydrogen (secondary N) is 1. The van der Waals surface area contributed by atoms with E-state index in [4.69, 9.17) is 5.84 Å². The summed E-state index contributed by atoms with van der Waals surface area (Å²) in [7, 11) is 0. The summed E-state index contributed by atoms with van der Waals surface area (Å²) < 4.78 is 8.11. The minimum Gasteiger partial charge on any atom is -0.271 e. The number of aromatic nitrogens is 2. The Kier molecular flexibility index (Phi) is 2.34. The highest BCUT2D eigenvalue weighted by Crippen LogP contribution is 2.36. The van der Waals surface area contributed by atoms with Crippen LogP contribution in [-0.2, 0) is 0 Å². The SMILES string of the molecule is NNC(CC1CC1)c1cnsn1. The highest BCUT2D eigenvalue weighted by Gasteiger charge is 2.26. The van der Waals surface area contributed by atoms with Gasteiger partial charge in [0.2, 0.25) is 0 Å². The molecule has 1 aliphatic rings. The summed E-state index contributed by atoms with van der Waals surface area (Å²) in [4.78, 5) is 0. The molecule has 2 rings (SSSR count). The maximum atomic E-state index is 5.43. The van der Waals surface area contributed by atoms with Crippen LogP contribution >= 0.6 is 11.7 Å². The molecule has 0 radical (unpaired) electrons. The van der Waals surface area contributed by atoms with E-state index >= 15 is 0 Å². The Bertz CT molecular complexity index is 232. The normalized spacial score (nSPS) is 19.4. The summed E-state index contributed by atoms with van der Waals surface area (Å²) in [5.74, 6) is 6.28. The summed E-state index contributed by atoms with van der Waals surface area (Å²) >= 11 is 1.24. The largest absolute Gasteiger partial charge is 0.271 e. The predicted molar refractivity (Wildman–Crippen MR) is 47.3 cm³/mol. The molecule has 12 heavy (non-hydrogen) atoms. The van der Waals surface area contributed by atoms with Crippen LogP contribution in [0.4, 0.5) is 0 Å². The summed E-state index contributed by atoms with van der Waals surface area (Å²) in [5, 5.41) is 0. The van der Waals surface area contributed by atoms with Gasteiger partial charge < -0.3 is 0 Å². The second-order valence-electron chi connectivity index (χ2n) is 3.23. The standard InChI is InChI=1S/C7H12N4S/c8-10-6(3-5-1-2-5)7-4-9-12-11-7/h4-6,10H,1-3,8H2. The Morgan fingerprint density at radius 3 is 3.08 bits per heavy atom. The topological polar surface area (TPSA) is 63.8 Å². The van der Waals surface area contributed by atoms with Crippen molar-refractivity contribution in [1.29, 1.82) is 0 Å². The lowest BCUT2D eigenvalue weighted by Crippen LogP contribution is -2.28. The molecule has 1 aromatic heterocycles. The van der Waals surface area contributed by atoms with E-state index < -0.39 is 0 Å². The summed E-state index contributed by atoms with van der Waals surface area (Å²) in [6, 6.07) is 0.205. The second kappa shape index (κ2) is 3.47. The molecule has 0 amide bonds. The fourth-order valence-corrected chi connectivity index (χ4v) is 1.76. The molecule has 0 aliphatic heterocycles. The quantitative estimate of drug-likeness (QED) is 0.537. The minimum absolute atomic E-state index is 0.205. The molecule has 1 saturated carbocycles. The van der Waals surface area contributed by atoms with E-state index in [9.17, 15) is 0 Å². The van der Waals surface area contributed by atoms with E-state index in [1.807, 2.05) is 0 Å². The Morgan fingerprint density at radius 2 is 2.58 bits per heavy atom. The first kappa shape index (κ1) is 8.10. The number of nitrogens with zero attached hydrogens (tertiary/aromatic N) is 2. The van der Waals surface area contributed by atoms with Crippen LogP contribution in [0.5, 0.6) is 0 Å². The third-order valence-corrected chi connectivity index (χ3v) is 2.69. The molecule has 1 unspecified atom stereocenters. The molecule has 0 bridgehead atoms. The first-order chi connectivity index (χ1) is 5.90. The molecular weight excluding hydrogens is 172 g/mol. The second-order valence-corrected chi connectivity index (χ2v) is 3.79. The average Bonchev–Trinajstić information content (AvgIpc) is 2.74. The van der Waals surface area contributed by atoms with Crippen molar-refractivity contribution in [2.75, 3.05) is 0 Å². The van der Waals surface area contributed by atoms with Crippen molar-refractivity contribution in [1.82, 2.24) is 14.2 Å². The van der Waals surface area contributed by atoms with E-state index in [2.05, 4.69) is 14.2 Å². The summed E-state index contributed by atoms with van der Waals surface area (Å²) in [6.45, 7) is 0. The maximum absolute atomic E-state index is 5.43. The van der Waals surface area contributed by atoms with Crippen LogP contribution in [0.15, 0.2) is 6.20 Å². The molecule has 0 aromatic carbocycles. The molecule has 1 aliphatic carbocycles. The Morgan fingerprint density at radius 1 is 1.75 bits per heavy atom.